The summed E-state index contributed by atoms with van der Waals surface area (Å²) >= 11 is 0. The summed E-state index contributed by atoms with van der Waals surface area (Å²) in [4.78, 5) is 12.3. The number of anilines is 1. The van der Waals surface area contributed by atoms with Gasteiger partial charge < -0.3 is 9.84 Å². The Morgan fingerprint density at radius 3 is 2.19 bits per heavy atom. The average Bonchev–Trinajstić information content (AvgIpc) is 2.98. The summed E-state index contributed by atoms with van der Waals surface area (Å²) in [5.74, 6) is 0.171. The number of nitrogens with one attached hydrogen (secondary N) is 1. The Balaban J connectivity index is 1.51. The molecule has 0 radical (unpaired) electrons. The van der Waals surface area contributed by atoms with Crippen molar-refractivity contribution >= 4 is 11.8 Å². The maximum absolute atomic E-state index is 12.3. The van der Waals surface area contributed by atoms with Crippen LogP contribution in [-0.4, -0.2) is 17.8 Å². The molecule has 0 saturated carbocycles. The van der Waals surface area contributed by atoms with Crippen molar-refractivity contribution in [2.45, 2.75) is 19.8 Å². The molecule has 1 aliphatic carbocycles. The molecule has 0 fully saturated rings. The molecule has 0 saturated heterocycles. The van der Waals surface area contributed by atoms with Crippen LogP contribution in [0.3, 0.4) is 0 Å². The summed E-state index contributed by atoms with van der Waals surface area (Å²) in [5.41, 5.74) is 6.94. The summed E-state index contributed by atoms with van der Waals surface area (Å²) in [6.07, 6.45) is -0.525. The fourth-order valence-corrected chi connectivity index (χ4v) is 3.72. The van der Waals surface area contributed by atoms with E-state index in [9.17, 15) is 9.90 Å². The van der Waals surface area contributed by atoms with Crippen LogP contribution in [0.15, 0.2) is 60.7 Å². The Labute approximate surface area is 158 Å². The van der Waals surface area contributed by atoms with E-state index in [-0.39, 0.29) is 18.3 Å². The lowest BCUT2D eigenvalue weighted by atomic mass is 9.98. The topological polar surface area (TPSA) is 58.6 Å². The molecule has 0 spiro atoms. The molecule has 1 amide bonds. The first kappa shape index (κ1) is 17.2. The molecule has 27 heavy (non-hydrogen) atoms. The van der Waals surface area contributed by atoms with Crippen LogP contribution < -0.4 is 5.32 Å². The van der Waals surface area contributed by atoms with Crippen molar-refractivity contribution in [1.82, 2.24) is 0 Å². The van der Waals surface area contributed by atoms with Crippen molar-refractivity contribution in [1.29, 1.82) is 0 Å². The number of phenolic OH excluding ortho intramolecular Hbond substituents is 1. The highest BCUT2D eigenvalue weighted by molar-refractivity contribution is 5.86. The van der Waals surface area contributed by atoms with E-state index in [1.165, 1.54) is 22.3 Å². The number of benzene rings is 3. The number of hydrogen-bond acceptors (Lipinski definition) is 3. The highest BCUT2D eigenvalue weighted by atomic mass is 16.5. The predicted octanol–water partition coefficient (Wildman–Crippen LogP) is 5.37. The number of phenols is 1. The first-order valence-corrected chi connectivity index (χ1v) is 8.97. The van der Waals surface area contributed by atoms with Gasteiger partial charge in [0.05, 0.1) is 5.69 Å². The Morgan fingerprint density at radius 1 is 0.963 bits per heavy atom. The van der Waals surface area contributed by atoms with Gasteiger partial charge in [-0.15, -0.1) is 0 Å². The molecule has 4 rings (SSSR count). The van der Waals surface area contributed by atoms with Gasteiger partial charge in [-0.1, -0.05) is 54.6 Å². The molecule has 0 aromatic heterocycles. The third-order valence-electron chi connectivity index (χ3n) is 5.12. The van der Waals surface area contributed by atoms with Crippen molar-refractivity contribution in [3.63, 3.8) is 0 Å². The average molecular weight is 359 g/mol. The van der Waals surface area contributed by atoms with Crippen LogP contribution in [0.5, 0.6) is 5.75 Å². The quantitative estimate of drug-likeness (QED) is 0.661. The van der Waals surface area contributed by atoms with Crippen LogP contribution >= 0.6 is 0 Å². The minimum absolute atomic E-state index is 0.0238. The number of rotatable bonds is 3. The molecule has 1 aliphatic rings. The van der Waals surface area contributed by atoms with Crippen LogP contribution in [0.2, 0.25) is 0 Å². The Hall–Kier alpha value is -3.27. The van der Waals surface area contributed by atoms with E-state index in [2.05, 4.69) is 29.6 Å². The zero-order valence-corrected chi connectivity index (χ0v) is 15.3. The highest BCUT2D eigenvalue weighted by Crippen LogP contribution is 2.44. The van der Waals surface area contributed by atoms with Crippen LogP contribution in [0.4, 0.5) is 10.5 Å². The maximum Gasteiger partial charge on any atom is 0.411 e. The first-order valence-electron chi connectivity index (χ1n) is 8.97. The van der Waals surface area contributed by atoms with Crippen LogP contribution in [0.25, 0.3) is 11.1 Å². The number of aromatic hydroxyl groups is 1. The molecular formula is C23H21NO3. The monoisotopic (exact) mass is 359 g/mol. The normalized spacial score (nSPS) is 12.4. The van der Waals surface area contributed by atoms with Crippen molar-refractivity contribution in [2.24, 2.45) is 0 Å². The lowest BCUT2D eigenvalue weighted by Crippen LogP contribution is -2.18. The molecule has 3 aromatic rings. The van der Waals surface area contributed by atoms with Gasteiger partial charge in [-0.2, -0.15) is 0 Å². The van der Waals surface area contributed by atoms with Gasteiger partial charge in [-0.25, -0.2) is 4.79 Å². The fraction of sp³-hybridized carbons (Fsp3) is 0.174. The molecule has 3 aromatic carbocycles. The number of ether oxygens (including phenoxy) is 1. The van der Waals surface area contributed by atoms with Gasteiger partial charge in [0.15, 0.2) is 0 Å². The van der Waals surface area contributed by atoms with Crippen molar-refractivity contribution in [3.05, 3.63) is 82.9 Å². The maximum atomic E-state index is 12.3. The number of fused-ring (bicyclic) bond motifs is 3. The number of amides is 1. The number of carbonyl (C=O) groups excluding carboxylic acids is 1. The van der Waals surface area contributed by atoms with Gasteiger partial charge in [-0.05, 0) is 47.2 Å². The van der Waals surface area contributed by atoms with Crippen molar-refractivity contribution < 1.29 is 14.6 Å². The lowest BCUT2D eigenvalue weighted by molar-refractivity contribution is 0.158. The standard InChI is InChI=1S/C23H21NO3/c1-14-11-15(2)22(25)12-21(14)24-23(26)27-13-20-18-9-5-3-7-16(18)17-8-4-6-10-19(17)20/h3-12,20,25H,13H2,1-2H3,(H,24,26). The lowest BCUT2D eigenvalue weighted by Gasteiger charge is -2.15. The third kappa shape index (κ3) is 3.14. The molecule has 0 bridgehead atoms. The number of carbonyl (C=O) groups is 1. The second-order valence-electron chi connectivity index (χ2n) is 6.90. The second kappa shape index (κ2) is 6.80. The molecule has 4 heteroatoms. The van der Waals surface area contributed by atoms with Crippen LogP contribution in [0, 0.1) is 13.8 Å². The first-order chi connectivity index (χ1) is 13.0. The summed E-state index contributed by atoms with van der Waals surface area (Å²) in [6.45, 7) is 3.96. The number of hydrogen-bond donors (Lipinski definition) is 2. The molecule has 0 unspecified atom stereocenters. The van der Waals surface area contributed by atoms with Gasteiger partial charge in [0, 0.05) is 12.0 Å². The van der Waals surface area contributed by atoms with Gasteiger partial charge in [-0.3, -0.25) is 5.32 Å². The van der Waals surface area contributed by atoms with Gasteiger partial charge in [0.25, 0.3) is 0 Å². The summed E-state index contributed by atoms with van der Waals surface area (Å²) in [5, 5.41) is 12.6. The molecule has 136 valence electrons. The Kier molecular flexibility index (Phi) is 4.32. The predicted molar refractivity (Wildman–Crippen MR) is 106 cm³/mol. The molecule has 0 atom stereocenters. The van der Waals surface area contributed by atoms with E-state index >= 15 is 0 Å². The molecule has 0 aliphatic heterocycles. The smallest absolute Gasteiger partial charge is 0.411 e. The molecule has 2 N–H and O–H groups in total. The minimum atomic E-state index is -0.525. The molecule has 0 heterocycles. The highest BCUT2D eigenvalue weighted by Gasteiger charge is 2.29. The van der Waals surface area contributed by atoms with Gasteiger partial charge in [0.1, 0.15) is 12.4 Å². The number of aryl methyl sites for hydroxylation is 2. The molecule has 4 nitrogen and oxygen atoms in total. The summed E-state index contributed by atoms with van der Waals surface area (Å²) in [7, 11) is 0. The van der Waals surface area contributed by atoms with Crippen LogP contribution in [0.1, 0.15) is 28.2 Å². The van der Waals surface area contributed by atoms with E-state index in [1.54, 1.807) is 6.07 Å². The summed E-state index contributed by atoms with van der Waals surface area (Å²) < 4.78 is 5.54. The zero-order valence-electron chi connectivity index (χ0n) is 15.3. The SMILES string of the molecule is Cc1cc(C)c(NC(=O)OCC2c3ccccc3-c3ccccc32)cc1O. The van der Waals surface area contributed by atoms with Crippen LogP contribution in [-0.2, 0) is 4.74 Å². The second-order valence-corrected chi connectivity index (χ2v) is 6.90. The fourth-order valence-electron chi connectivity index (χ4n) is 3.72. The van der Waals surface area contributed by atoms with Gasteiger partial charge >= 0.3 is 6.09 Å². The van der Waals surface area contributed by atoms with Crippen molar-refractivity contribution in [3.8, 4) is 16.9 Å². The van der Waals surface area contributed by atoms with Crippen molar-refractivity contribution in [2.75, 3.05) is 11.9 Å². The minimum Gasteiger partial charge on any atom is -0.508 e. The van der Waals surface area contributed by atoms with E-state index in [0.29, 0.717) is 5.69 Å². The third-order valence-corrected chi connectivity index (χ3v) is 5.12. The summed E-state index contributed by atoms with van der Waals surface area (Å²) in [6, 6.07) is 19.8. The van der Waals surface area contributed by atoms with E-state index in [1.807, 2.05) is 44.2 Å². The van der Waals surface area contributed by atoms with Gasteiger partial charge in [0.2, 0.25) is 0 Å². The molecular weight excluding hydrogens is 338 g/mol. The zero-order chi connectivity index (χ0) is 19.0. The Morgan fingerprint density at radius 2 is 1.56 bits per heavy atom. The van der Waals surface area contributed by atoms with E-state index in [0.717, 1.165) is 11.1 Å². The Bertz CT molecular complexity index is 980. The van der Waals surface area contributed by atoms with E-state index in [4.69, 9.17) is 4.74 Å². The van der Waals surface area contributed by atoms with E-state index < -0.39 is 6.09 Å². The largest absolute Gasteiger partial charge is 0.508 e.